The number of esters is 1. The van der Waals surface area contributed by atoms with Crippen molar-refractivity contribution in [3.8, 4) is 0 Å². The number of rotatable bonds is 5. The van der Waals surface area contributed by atoms with E-state index in [1.54, 1.807) is 16.9 Å². The van der Waals surface area contributed by atoms with Crippen molar-refractivity contribution in [1.29, 1.82) is 0 Å². The molecule has 0 saturated heterocycles. The lowest BCUT2D eigenvalue weighted by Gasteiger charge is -2.25. The molecule has 122 valence electrons. The summed E-state index contributed by atoms with van der Waals surface area (Å²) < 4.78 is 33.7. The van der Waals surface area contributed by atoms with Crippen LogP contribution in [0.5, 0.6) is 0 Å². The van der Waals surface area contributed by atoms with Crippen molar-refractivity contribution >= 4 is 21.8 Å². The Hall–Kier alpha value is -2.42. The van der Waals surface area contributed by atoms with Crippen LogP contribution in [0.15, 0.2) is 35.5 Å². The third-order valence-electron chi connectivity index (χ3n) is 3.74. The number of ether oxygens (including phenoxy) is 1. The summed E-state index contributed by atoms with van der Waals surface area (Å²) in [4.78, 5) is 15.2. The molecule has 8 nitrogen and oxygen atoms in total. The number of aromatic nitrogens is 3. The normalized spacial score (nSPS) is 15.0. The molecule has 1 fully saturated rings. The molecule has 0 atom stereocenters. The van der Waals surface area contributed by atoms with Gasteiger partial charge in [0.05, 0.1) is 13.2 Å². The molecule has 0 amide bonds. The van der Waals surface area contributed by atoms with E-state index < -0.39 is 16.0 Å². The van der Waals surface area contributed by atoms with Gasteiger partial charge in [-0.3, -0.25) is 9.40 Å². The monoisotopic (exact) mass is 336 g/mol. The molecule has 1 aliphatic carbocycles. The zero-order chi connectivity index (χ0) is 16.4. The number of sulfonamides is 1. The Balaban J connectivity index is 1.87. The summed E-state index contributed by atoms with van der Waals surface area (Å²) in [5.74, 6) is -0.609. The summed E-state index contributed by atoms with van der Waals surface area (Å²) >= 11 is 0. The van der Waals surface area contributed by atoms with Gasteiger partial charge < -0.3 is 4.74 Å². The molecule has 0 radical (unpaired) electrons. The Kier molecular flexibility index (Phi) is 4.03. The van der Waals surface area contributed by atoms with Crippen molar-refractivity contribution in [2.45, 2.75) is 30.2 Å². The third kappa shape index (κ3) is 3.04. The van der Waals surface area contributed by atoms with E-state index in [4.69, 9.17) is 0 Å². The van der Waals surface area contributed by atoms with Crippen LogP contribution in [0.1, 0.15) is 35.8 Å². The molecule has 9 heteroatoms. The predicted octanol–water partition coefficient (Wildman–Crippen LogP) is 1.59. The highest BCUT2D eigenvalue weighted by Gasteiger charge is 2.26. The Bertz CT molecular complexity index is 827. The van der Waals surface area contributed by atoms with Crippen molar-refractivity contribution in [3.63, 3.8) is 0 Å². The number of hydrogen-bond donors (Lipinski definition) is 1. The molecule has 1 aliphatic rings. The summed E-state index contributed by atoms with van der Waals surface area (Å²) in [6.45, 7) is 0. The fourth-order valence-corrected chi connectivity index (χ4v) is 3.44. The average Bonchev–Trinajstić information content (AvgIpc) is 2.91. The topological polar surface area (TPSA) is 103 Å². The zero-order valence-electron chi connectivity index (χ0n) is 12.5. The molecular weight excluding hydrogens is 320 g/mol. The van der Waals surface area contributed by atoms with Crippen LogP contribution in [-0.2, 0) is 14.8 Å². The van der Waals surface area contributed by atoms with Crippen LogP contribution < -0.4 is 4.72 Å². The molecule has 23 heavy (non-hydrogen) atoms. The van der Waals surface area contributed by atoms with Crippen molar-refractivity contribution in [2.75, 3.05) is 11.8 Å². The van der Waals surface area contributed by atoms with E-state index in [0.29, 0.717) is 6.04 Å². The summed E-state index contributed by atoms with van der Waals surface area (Å²) in [6.07, 6.45) is 6.32. The number of methoxy groups -OCH3 is 1. The summed E-state index contributed by atoms with van der Waals surface area (Å²) in [6, 6.07) is 4.65. The maximum Gasteiger partial charge on any atom is 0.358 e. The minimum Gasteiger partial charge on any atom is -0.464 e. The fourth-order valence-electron chi connectivity index (χ4n) is 2.30. The molecule has 3 rings (SSSR count). The van der Waals surface area contributed by atoms with E-state index in [0.717, 1.165) is 19.3 Å². The smallest absolute Gasteiger partial charge is 0.358 e. The summed E-state index contributed by atoms with van der Waals surface area (Å²) in [7, 11) is -2.82. The highest BCUT2D eigenvalue weighted by atomic mass is 32.2. The molecule has 0 aliphatic heterocycles. The molecule has 0 aromatic carbocycles. The maximum absolute atomic E-state index is 12.5. The second kappa shape index (κ2) is 5.99. The third-order valence-corrected chi connectivity index (χ3v) is 5.12. The maximum atomic E-state index is 12.5. The van der Waals surface area contributed by atoms with Gasteiger partial charge in [-0.1, -0.05) is 0 Å². The van der Waals surface area contributed by atoms with Crippen LogP contribution >= 0.6 is 0 Å². The quantitative estimate of drug-likeness (QED) is 0.832. The van der Waals surface area contributed by atoms with Gasteiger partial charge in [-0.2, -0.15) is 5.10 Å². The zero-order valence-corrected chi connectivity index (χ0v) is 13.3. The largest absolute Gasteiger partial charge is 0.464 e. The standard InChI is InChI=1S/C14H16N4O4S/c1-22-14(19)13-11(6-3-8-15-13)23(20,21)17-12-7-9-18(16-12)10-4-2-5-10/h3,6-10H,2,4-5H2,1H3,(H,16,17). The molecular formula is C14H16N4O4S. The fraction of sp³-hybridized carbons (Fsp3) is 0.357. The first-order valence-corrected chi connectivity index (χ1v) is 8.61. The van der Waals surface area contributed by atoms with E-state index in [1.807, 2.05) is 0 Å². The Morgan fingerprint density at radius 2 is 2.17 bits per heavy atom. The SMILES string of the molecule is COC(=O)c1ncccc1S(=O)(=O)Nc1ccn(C2CCC2)n1. The van der Waals surface area contributed by atoms with Crippen LogP contribution in [0.2, 0.25) is 0 Å². The summed E-state index contributed by atoms with van der Waals surface area (Å²) in [5, 5.41) is 4.23. The van der Waals surface area contributed by atoms with Crippen molar-refractivity contribution in [3.05, 3.63) is 36.3 Å². The molecule has 2 aromatic rings. The van der Waals surface area contributed by atoms with Crippen LogP contribution in [0.4, 0.5) is 5.82 Å². The minimum absolute atomic E-state index is 0.205. The Morgan fingerprint density at radius 3 is 2.83 bits per heavy atom. The average molecular weight is 336 g/mol. The van der Waals surface area contributed by atoms with Gasteiger partial charge >= 0.3 is 5.97 Å². The number of hydrogen-bond acceptors (Lipinski definition) is 6. The lowest BCUT2D eigenvalue weighted by atomic mass is 9.93. The van der Waals surface area contributed by atoms with E-state index in [9.17, 15) is 13.2 Å². The van der Waals surface area contributed by atoms with Gasteiger partial charge in [0.25, 0.3) is 10.0 Å². The van der Waals surface area contributed by atoms with Crippen molar-refractivity contribution in [2.24, 2.45) is 0 Å². The van der Waals surface area contributed by atoms with E-state index >= 15 is 0 Å². The van der Waals surface area contributed by atoms with Crippen LogP contribution in [0.25, 0.3) is 0 Å². The van der Waals surface area contributed by atoms with E-state index in [-0.39, 0.29) is 16.4 Å². The first-order valence-electron chi connectivity index (χ1n) is 7.12. The molecule has 0 bridgehead atoms. The van der Waals surface area contributed by atoms with Gasteiger partial charge in [0.1, 0.15) is 4.90 Å². The first kappa shape index (κ1) is 15.5. The van der Waals surface area contributed by atoms with Gasteiger partial charge in [0.15, 0.2) is 11.5 Å². The molecule has 2 aromatic heterocycles. The molecule has 0 spiro atoms. The molecule has 0 unspecified atom stereocenters. The Labute approximate surface area is 133 Å². The van der Waals surface area contributed by atoms with Gasteiger partial charge in [-0.25, -0.2) is 18.2 Å². The van der Waals surface area contributed by atoms with Crippen LogP contribution in [-0.4, -0.2) is 36.3 Å². The van der Waals surface area contributed by atoms with Crippen LogP contribution in [0, 0.1) is 0 Å². The molecule has 2 heterocycles. The highest BCUT2D eigenvalue weighted by Crippen LogP contribution is 2.31. The first-order chi connectivity index (χ1) is 11.0. The van der Waals surface area contributed by atoms with Gasteiger partial charge in [0, 0.05) is 18.5 Å². The van der Waals surface area contributed by atoms with Crippen molar-refractivity contribution in [1.82, 2.24) is 14.8 Å². The number of carbonyl (C=O) groups excluding carboxylic acids is 1. The predicted molar refractivity (Wildman–Crippen MR) is 81.5 cm³/mol. The second-order valence-corrected chi connectivity index (χ2v) is 6.86. The van der Waals surface area contributed by atoms with Gasteiger partial charge in [-0.15, -0.1) is 0 Å². The van der Waals surface area contributed by atoms with Gasteiger partial charge in [0.2, 0.25) is 0 Å². The van der Waals surface area contributed by atoms with E-state index in [2.05, 4.69) is 19.5 Å². The van der Waals surface area contributed by atoms with Gasteiger partial charge in [-0.05, 0) is 31.4 Å². The summed E-state index contributed by atoms with van der Waals surface area (Å²) in [5.41, 5.74) is -0.263. The minimum atomic E-state index is -3.99. The van der Waals surface area contributed by atoms with E-state index in [1.165, 1.54) is 25.4 Å². The van der Waals surface area contributed by atoms with Crippen molar-refractivity contribution < 1.29 is 17.9 Å². The van der Waals surface area contributed by atoms with Crippen LogP contribution in [0.3, 0.4) is 0 Å². The molecule has 1 N–H and O–H groups in total. The number of nitrogens with zero attached hydrogens (tertiary/aromatic N) is 3. The lowest BCUT2D eigenvalue weighted by Crippen LogP contribution is -2.20. The number of pyridine rings is 1. The second-order valence-electron chi connectivity index (χ2n) is 5.21. The number of carbonyl (C=O) groups is 1. The lowest BCUT2D eigenvalue weighted by molar-refractivity contribution is 0.0589. The molecule has 1 saturated carbocycles. The Morgan fingerprint density at radius 1 is 1.39 bits per heavy atom. The highest BCUT2D eigenvalue weighted by molar-refractivity contribution is 7.92. The number of anilines is 1. The number of nitrogens with one attached hydrogen (secondary N) is 1.